The van der Waals surface area contributed by atoms with Crippen LogP contribution in [0.2, 0.25) is 5.02 Å². The zero-order valence-corrected chi connectivity index (χ0v) is 63.1. The van der Waals surface area contributed by atoms with Crippen molar-refractivity contribution in [2.45, 2.75) is 132 Å². The van der Waals surface area contributed by atoms with E-state index in [1.807, 2.05) is 57.7 Å². The Bertz CT molecular complexity index is 4100. The van der Waals surface area contributed by atoms with Gasteiger partial charge in [-0.1, -0.05) is 79.9 Å². The number of carboxylic acid groups (broad SMARTS) is 1. The number of aliphatic carboxylic acids is 1. The van der Waals surface area contributed by atoms with Crippen molar-refractivity contribution in [3.05, 3.63) is 165 Å². The molecule has 586 valence electrons. The van der Waals surface area contributed by atoms with E-state index in [0.29, 0.717) is 65.5 Å². The average Bonchev–Trinajstić information content (AvgIpc) is 1.66. The number of imide groups is 1. The number of sulfonamides is 1. The number of pyridine rings is 1. The van der Waals surface area contributed by atoms with Gasteiger partial charge in [0.1, 0.15) is 30.0 Å². The fraction of sp³-hybridized carbons (Fsp3) is 0.435. The first-order chi connectivity index (χ1) is 49.8. The maximum Gasteiger partial charge on any atom is 0.451 e. The van der Waals surface area contributed by atoms with Gasteiger partial charge >= 0.3 is 12.2 Å². The van der Waals surface area contributed by atoms with E-state index < -0.39 is 69.5 Å². The predicted molar refractivity (Wildman–Crippen MR) is 390 cm³/mol. The number of carboxylic acids is 1. The number of carbonyl (C=O) groups is 6. The van der Waals surface area contributed by atoms with Crippen molar-refractivity contribution in [2.75, 3.05) is 68.6 Å². The third kappa shape index (κ3) is 31.6. The third-order valence-electron chi connectivity index (χ3n) is 15.8. The number of ether oxygens (including phenoxy) is 2. The lowest BCUT2D eigenvalue weighted by atomic mass is 9.96. The number of alkyl halides is 3. The fourth-order valence-electron chi connectivity index (χ4n) is 10.4. The van der Waals surface area contributed by atoms with Crippen molar-refractivity contribution in [2.24, 2.45) is 22.2 Å². The summed E-state index contributed by atoms with van der Waals surface area (Å²) in [6.07, 6.45) is 3.43. The zero-order valence-electron chi connectivity index (χ0n) is 59.9. The summed E-state index contributed by atoms with van der Waals surface area (Å²) < 4.78 is 118. The van der Waals surface area contributed by atoms with E-state index in [-0.39, 0.29) is 108 Å². The molecule has 0 radical (unpaired) electrons. The summed E-state index contributed by atoms with van der Waals surface area (Å²) in [5.41, 5.74) is 20.3. The third-order valence-corrected chi connectivity index (χ3v) is 18.3. The highest BCUT2D eigenvalue weighted by molar-refractivity contribution is 8.15. The summed E-state index contributed by atoms with van der Waals surface area (Å²) in [6, 6.07) is 22.3. The maximum absolute atomic E-state index is 13.7. The molecule has 0 spiro atoms. The number of aliphatic hydroxyl groups excluding tert-OH is 1. The summed E-state index contributed by atoms with van der Waals surface area (Å²) >= 11 is 7.01. The number of amides is 6. The number of aliphatic imine (C=N–C) groups is 1. The molecule has 1 unspecified atom stereocenters. The van der Waals surface area contributed by atoms with Gasteiger partial charge in [0.25, 0.3) is 21.2 Å². The molecule has 12 N–H and O–H groups in total. The molecule has 4 aromatic carbocycles. The SMILES string of the molecule is CCc1ccc(CCOc2ccc(CC3SC(=O)NC3=O)cc2)nc1.CN(C)C(N)=NC(=N)N.COc1ccc(Cl)cc1C(=O)NCCc1ccc(S(=O)(=O)NC(=O)NC2CCCCC2)cc1.C[N+](C)(C)C[C@H](O)CC(=O)[O-].Cl.N[C@@H](CC(=O)N1CCn2c(nnc2C(F)(F)F)C1)Cc1cc(F)c(F)cc1F. The normalized spacial score (nSPS) is 14.8. The Kier molecular flexibility index (Phi) is 36.1. The number of carbonyl (C=O) groups excluding carboxylic acids is 6. The van der Waals surface area contributed by atoms with Gasteiger partial charge in [-0.3, -0.25) is 34.9 Å². The Morgan fingerprint density at radius 1 is 0.897 bits per heavy atom. The van der Waals surface area contributed by atoms with Crippen LogP contribution < -0.4 is 52.5 Å². The van der Waals surface area contributed by atoms with E-state index in [1.165, 1.54) is 35.8 Å². The molecule has 1 saturated carbocycles. The number of nitrogens with two attached hydrogens (primary N) is 3. The molecular formula is C69H90Cl2F6N16O12S2. The molecule has 1 aliphatic carbocycles. The molecule has 3 atom stereocenters. The smallest absolute Gasteiger partial charge is 0.451 e. The van der Waals surface area contributed by atoms with Crippen molar-refractivity contribution in [1.29, 1.82) is 5.41 Å². The van der Waals surface area contributed by atoms with Crippen molar-refractivity contribution in [1.82, 2.24) is 50.2 Å². The lowest BCUT2D eigenvalue weighted by Gasteiger charge is -2.29. The minimum Gasteiger partial charge on any atom is -0.550 e. The number of aryl methyl sites for hydroxylation is 1. The number of halogens is 8. The number of hydrogen-bond donors (Lipinski definition) is 9. The van der Waals surface area contributed by atoms with Crippen molar-refractivity contribution < 1.29 is 87.7 Å². The van der Waals surface area contributed by atoms with Crippen molar-refractivity contribution in [3.63, 3.8) is 0 Å². The van der Waals surface area contributed by atoms with Gasteiger partial charge in [0, 0.05) is 94.0 Å². The first-order valence-corrected chi connectivity index (χ1v) is 36.0. The molecule has 107 heavy (non-hydrogen) atoms. The second-order valence-corrected chi connectivity index (χ2v) is 28.9. The summed E-state index contributed by atoms with van der Waals surface area (Å²) in [7, 11) is 6.62. The number of aliphatic hydroxyl groups is 1. The van der Waals surface area contributed by atoms with Crippen LogP contribution in [0.15, 0.2) is 107 Å². The van der Waals surface area contributed by atoms with Crippen LogP contribution in [0.4, 0.5) is 35.9 Å². The molecule has 6 amide bonds. The Morgan fingerprint density at radius 2 is 1.54 bits per heavy atom. The minimum absolute atomic E-state index is 0. The number of hydrogen-bond acceptors (Lipinski definition) is 18. The number of likely N-dealkylation sites (N-methyl/N-ethyl adjacent to an activating group) is 1. The highest BCUT2D eigenvalue weighted by Crippen LogP contribution is 2.30. The first-order valence-electron chi connectivity index (χ1n) is 33.2. The molecule has 4 heterocycles. The monoisotopic (exact) mass is 1580 g/mol. The number of fused-ring (bicyclic) bond motifs is 1. The molecule has 0 bridgehead atoms. The molecule has 38 heteroatoms. The van der Waals surface area contributed by atoms with Crippen LogP contribution in [0.5, 0.6) is 11.5 Å². The summed E-state index contributed by atoms with van der Waals surface area (Å²) in [6.45, 7) is 3.13. The number of rotatable bonds is 23. The standard InChI is InChI=1S/C23H28ClN3O5S.C19H20N2O3S.C16H15F6N5O.C7H15NO3.C4H11N5.ClH/c1-32-21-12-9-17(24)15-20(21)22(28)25-14-13-16-7-10-19(11-8-16)33(30,31)27-23(29)26-18-5-3-2-4-6-18;1-2-13-3-6-15(20-12-13)9-10-24-16-7-4-14(5-8-16)11-17-18(22)21-19(23)25-17;17-10-6-12(19)11(18)4-8(10)3-9(23)5-14(28)26-1-2-27-13(7-26)24-25-15(27)16(20,21)22;1-8(2,3)5-6(9)4-7(10)11;1-9(2)4(7)8-3(5)6;/h7-12,15,18H,2-6,13-14H2,1H3,(H,25,28)(H2,26,27,29);3-8,12,17H,2,9-11H2,1H3,(H,21,22,23);4,6,9H,1-3,5,7,23H2;6,9H,4-5H2,1-3H3;1-2H3,(H5,5,6,7,8);1H/t;;9-;6-;;/m..11../s1. The molecule has 2 fully saturated rings. The summed E-state index contributed by atoms with van der Waals surface area (Å²) in [5, 5.41) is 40.1. The van der Waals surface area contributed by atoms with Crippen LogP contribution in [-0.4, -0.2) is 186 Å². The van der Waals surface area contributed by atoms with Gasteiger partial charge < -0.3 is 71.2 Å². The Balaban J connectivity index is 0.000000301. The van der Waals surface area contributed by atoms with E-state index in [4.69, 9.17) is 48.8 Å². The lowest BCUT2D eigenvalue weighted by Crippen LogP contribution is -2.45. The van der Waals surface area contributed by atoms with Crippen molar-refractivity contribution >= 4 is 92.7 Å². The molecule has 2 aliphatic heterocycles. The molecule has 28 nitrogen and oxygen atoms in total. The quantitative estimate of drug-likeness (QED) is 0.0113. The number of nitrogens with one attached hydrogen (secondary N) is 5. The largest absolute Gasteiger partial charge is 0.550 e. The Morgan fingerprint density at radius 3 is 2.10 bits per heavy atom. The molecule has 6 aromatic rings. The first kappa shape index (κ1) is 90.1. The average molecular weight is 1580 g/mol. The van der Waals surface area contributed by atoms with Gasteiger partial charge in [0.15, 0.2) is 23.4 Å². The van der Waals surface area contributed by atoms with E-state index >= 15 is 0 Å². The van der Waals surface area contributed by atoms with Gasteiger partial charge in [-0.15, -0.1) is 22.6 Å². The fourth-order valence-corrected chi connectivity index (χ4v) is 12.4. The van der Waals surface area contributed by atoms with Gasteiger partial charge in [-0.05, 0) is 115 Å². The number of nitrogens with zero attached hydrogens (tertiary/aromatic N) is 8. The van der Waals surface area contributed by atoms with E-state index in [2.05, 4.69) is 53.8 Å². The van der Waals surface area contributed by atoms with Gasteiger partial charge in [-0.25, -0.2) is 31.1 Å². The maximum atomic E-state index is 13.7. The topological polar surface area (TPSA) is 411 Å². The number of guanidine groups is 2. The molecule has 9 rings (SSSR count). The van der Waals surface area contributed by atoms with E-state index in [0.717, 1.165) is 83.8 Å². The number of urea groups is 1. The minimum atomic E-state index is -4.64. The lowest BCUT2D eigenvalue weighted by molar-refractivity contribution is -0.873. The zero-order chi connectivity index (χ0) is 78.6. The van der Waals surface area contributed by atoms with Crippen LogP contribution in [0.3, 0.4) is 0 Å². The summed E-state index contributed by atoms with van der Waals surface area (Å²) in [5.74, 6) is -5.71. The highest BCUT2D eigenvalue weighted by Gasteiger charge is 2.40. The second-order valence-electron chi connectivity index (χ2n) is 25.6. The number of thioether (sulfide) groups is 1. The second kappa shape index (κ2) is 42.9. The van der Waals surface area contributed by atoms with Gasteiger partial charge in [0.05, 0.1) is 57.1 Å². The molecule has 2 aromatic heterocycles. The Hall–Kier alpha value is -9.33. The van der Waals surface area contributed by atoms with Gasteiger partial charge in [-0.2, -0.15) is 18.2 Å². The summed E-state index contributed by atoms with van der Waals surface area (Å²) in [4.78, 5) is 80.4. The predicted octanol–water partition coefficient (Wildman–Crippen LogP) is 6.19. The highest BCUT2D eigenvalue weighted by atomic mass is 35.5. The van der Waals surface area contributed by atoms with Crippen LogP contribution in [0.25, 0.3) is 0 Å². The van der Waals surface area contributed by atoms with Crippen molar-refractivity contribution in [3.8, 4) is 11.5 Å². The number of quaternary nitrogens is 1. The molecule has 3 aliphatic rings. The number of aromatic nitrogens is 4. The van der Waals surface area contributed by atoms with Crippen LogP contribution in [-0.2, 0) is 75.8 Å². The molecule has 1 saturated heterocycles. The molecular weight excluding hydrogens is 1490 g/mol. The number of benzene rings is 4. The Labute approximate surface area is 631 Å². The van der Waals surface area contributed by atoms with E-state index in [1.54, 1.807) is 43.3 Å². The van der Waals surface area contributed by atoms with Gasteiger partial charge in [0.2, 0.25) is 23.6 Å². The number of methoxy groups -OCH3 is 1. The van der Waals surface area contributed by atoms with Crippen LogP contribution in [0.1, 0.15) is 102 Å². The van der Waals surface area contributed by atoms with E-state index in [9.17, 15) is 68.6 Å². The van der Waals surface area contributed by atoms with Crippen LogP contribution >= 0.6 is 35.8 Å². The van der Waals surface area contributed by atoms with Crippen LogP contribution in [0, 0.1) is 22.9 Å².